The second kappa shape index (κ2) is 9.44. The number of benzene rings is 1. The van der Waals surface area contributed by atoms with Crippen LogP contribution in [0.25, 0.3) is 6.08 Å². The van der Waals surface area contributed by atoms with Gasteiger partial charge in [0.25, 0.3) is 11.5 Å². The first-order valence-corrected chi connectivity index (χ1v) is 13.2. The lowest BCUT2D eigenvalue weighted by Gasteiger charge is -2.24. The Morgan fingerprint density at radius 3 is 2.66 bits per heavy atom. The molecule has 7 nitrogen and oxygen atoms in total. The zero-order valence-electron chi connectivity index (χ0n) is 19.1. The quantitative estimate of drug-likeness (QED) is 0.388. The molecule has 1 atom stereocenters. The monoisotopic (exact) mass is 568 g/mol. The highest BCUT2D eigenvalue weighted by Gasteiger charge is 2.33. The molecular weight excluding hydrogens is 548 g/mol. The third-order valence-corrected chi connectivity index (χ3v) is 7.95. The summed E-state index contributed by atoms with van der Waals surface area (Å²) in [4.78, 5) is 35.0. The second-order valence-electron chi connectivity index (χ2n) is 8.11. The van der Waals surface area contributed by atoms with Crippen molar-refractivity contribution >= 4 is 62.2 Å². The van der Waals surface area contributed by atoms with Gasteiger partial charge in [-0.15, -0.1) is 11.3 Å². The molecule has 1 aliphatic heterocycles. The average Bonchev–Trinajstić information content (AvgIpc) is 3.54. The number of para-hydroxylation sites is 1. The predicted octanol–water partition coefficient (Wildman–Crippen LogP) is 4.36. The molecule has 0 fully saturated rings. The second-order valence-corrected chi connectivity index (χ2v) is 11.0. The van der Waals surface area contributed by atoms with Gasteiger partial charge in [-0.3, -0.25) is 14.2 Å². The fourth-order valence-corrected chi connectivity index (χ4v) is 6.44. The number of aromatic nitrogens is 1. The van der Waals surface area contributed by atoms with Crippen molar-refractivity contribution in [2.75, 3.05) is 24.3 Å². The highest BCUT2D eigenvalue weighted by Crippen LogP contribution is 2.33. The molecule has 0 saturated carbocycles. The number of hydrogen-bond acceptors (Lipinski definition) is 7. The van der Waals surface area contributed by atoms with Gasteiger partial charge in [0, 0.05) is 36.8 Å². The van der Waals surface area contributed by atoms with Crippen molar-refractivity contribution in [2.45, 2.75) is 13.0 Å². The first-order valence-electron chi connectivity index (χ1n) is 10.7. The Bertz CT molecular complexity index is 1610. The van der Waals surface area contributed by atoms with Crippen LogP contribution >= 0.6 is 38.6 Å². The van der Waals surface area contributed by atoms with Gasteiger partial charge in [0.15, 0.2) is 4.80 Å². The Morgan fingerprint density at radius 2 is 2.00 bits per heavy atom. The summed E-state index contributed by atoms with van der Waals surface area (Å²) in [5, 5.41) is 4.89. The summed E-state index contributed by atoms with van der Waals surface area (Å²) >= 11 is 6.28. The largest absolute Gasteiger partial charge is 0.440 e. The van der Waals surface area contributed by atoms with Crippen molar-refractivity contribution < 1.29 is 9.21 Å². The Labute approximate surface area is 217 Å². The van der Waals surface area contributed by atoms with Crippen LogP contribution in [-0.4, -0.2) is 24.6 Å². The molecule has 178 valence electrons. The summed E-state index contributed by atoms with van der Waals surface area (Å²) in [7, 11) is 3.76. The number of nitrogens with one attached hydrogen (secondary N) is 1. The highest BCUT2D eigenvalue weighted by molar-refractivity contribution is 9.10. The molecule has 0 saturated heterocycles. The van der Waals surface area contributed by atoms with Gasteiger partial charge in [-0.2, -0.15) is 0 Å². The molecule has 0 spiro atoms. The van der Waals surface area contributed by atoms with E-state index in [1.165, 1.54) is 22.7 Å². The van der Waals surface area contributed by atoms with Gasteiger partial charge >= 0.3 is 0 Å². The molecule has 35 heavy (non-hydrogen) atoms. The van der Waals surface area contributed by atoms with E-state index in [0.29, 0.717) is 37.9 Å². The molecule has 10 heteroatoms. The van der Waals surface area contributed by atoms with E-state index in [4.69, 9.17) is 4.42 Å². The number of allylic oxidation sites excluding steroid dienone is 1. The maximum absolute atomic E-state index is 13.7. The minimum Gasteiger partial charge on any atom is -0.440 e. The molecular formula is C25H21BrN4O3S2. The van der Waals surface area contributed by atoms with Crippen molar-refractivity contribution in [1.29, 1.82) is 0 Å². The van der Waals surface area contributed by atoms with Crippen LogP contribution in [0.3, 0.4) is 0 Å². The number of amides is 1. The molecule has 0 aliphatic carbocycles. The van der Waals surface area contributed by atoms with Gasteiger partial charge in [0.2, 0.25) is 5.88 Å². The van der Waals surface area contributed by atoms with Gasteiger partial charge in [-0.1, -0.05) is 35.6 Å². The van der Waals surface area contributed by atoms with E-state index >= 15 is 0 Å². The maximum Gasteiger partial charge on any atom is 0.271 e. The van der Waals surface area contributed by atoms with E-state index in [1.54, 1.807) is 10.6 Å². The first kappa shape index (κ1) is 23.5. The summed E-state index contributed by atoms with van der Waals surface area (Å²) in [5.74, 6) is 0.934. The Hall–Kier alpha value is -3.21. The van der Waals surface area contributed by atoms with Crippen LogP contribution in [0, 0.1) is 0 Å². The Balaban J connectivity index is 1.63. The molecule has 5 rings (SSSR count). The number of nitrogens with zero attached hydrogens (tertiary/aromatic N) is 3. The minimum atomic E-state index is -0.571. The molecule has 4 heterocycles. The van der Waals surface area contributed by atoms with Crippen LogP contribution in [-0.2, 0) is 4.79 Å². The number of carbonyl (C=O) groups is 1. The molecule has 3 aromatic heterocycles. The van der Waals surface area contributed by atoms with Gasteiger partial charge in [0.1, 0.15) is 11.8 Å². The molecule has 1 aromatic carbocycles. The number of fused-ring (bicyclic) bond motifs is 1. The van der Waals surface area contributed by atoms with Crippen LogP contribution in [0.5, 0.6) is 0 Å². The van der Waals surface area contributed by atoms with Crippen molar-refractivity contribution in [3.63, 3.8) is 0 Å². The van der Waals surface area contributed by atoms with Crippen LogP contribution in [0.4, 0.5) is 11.6 Å². The summed E-state index contributed by atoms with van der Waals surface area (Å²) in [6.45, 7) is 1.81. The number of rotatable bonds is 5. The summed E-state index contributed by atoms with van der Waals surface area (Å²) in [5.41, 5.74) is 1.50. The molecule has 1 aliphatic rings. The molecule has 0 bridgehead atoms. The zero-order chi connectivity index (χ0) is 24.7. The fourth-order valence-electron chi connectivity index (χ4n) is 3.93. The van der Waals surface area contributed by atoms with Gasteiger partial charge in [0.05, 0.1) is 20.3 Å². The topological polar surface area (TPSA) is 79.8 Å². The lowest BCUT2D eigenvalue weighted by molar-refractivity contribution is -0.113. The number of halogens is 1. The average molecular weight is 570 g/mol. The lowest BCUT2D eigenvalue weighted by atomic mass is 10.0. The van der Waals surface area contributed by atoms with E-state index in [9.17, 15) is 9.59 Å². The summed E-state index contributed by atoms with van der Waals surface area (Å²) < 4.78 is 8.78. The highest BCUT2D eigenvalue weighted by atomic mass is 79.9. The first-order chi connectivity index (χ1) is 16.8. The maximum atomic E-state index is 13.7. The number of thiophene rings is 1. The number of carbonyl (C=O) groups excluding carboxylic acids is 1. The van der Waals surface area contributed by atoms with Gasteiger partial charge < -0.3 is 14.6 Å². The van der Waals surface area contributed by atoms with Crippen LogP contribution < -0.4 is 25.1 Å². The number of thiazole rings is 1. The molecule has 0 radical (unpaired) electrons. The third kappa shape index (κ3) is 4.44. The van der Waals surface area contributed by atoms with Crippen molar-refractivity contribution in [2.24, 2.45) is 4.99 Å². The van der Waals surface area contributed by atoms with Crippen LogP contribution in [0.1, 0.15) is 23.6 Å². The standard InChI is InChI=1S/C25H21BrN4O3S2/c1-14-20(22(31)28-15-8-5-4-6-9-15)21(18-10-7-11-34-18)30-23(32)19(35-25(30)27-14)13-16-12-17(26)24(33-16)29(2)3/h4-13,21H,1-3H3,(H,28,31)/b19-13+/t21-/m1/s1. The van der Waals surface area contributed by atoms with Crippen LogP contribution in [0.15, 0.2) is 83.9 Å². The fraction of sp³-hybridized carbons (Fsp3) is 0.160. The van der Waals surface area contributed by atoms with E-state index in [1.807, 2.05) is 79.8 Å². The van der Waals surface area contributed by atoms with Gasteiger partial charge in [-0.05, 0) is 46.4 Å². The van der Waals surface area contributed by atoms with E-state index in [0.717, 1.165) is 9.35 Å². The predicted molar refractivity (Wildman–Crippen MR) is 144 cm³/mol. The lowest BCUT2D eigenvalue weighted by Crippen LogP contribution is -2.40. The normalized spacial score (nSPS) is 15.7. The number of anilines is 2. The minimum absolute atomic E-state index is 0.219. The molecule has 1 amide bonds. The van der Waals surface area contributed by atoms with Crippen LogP contribution in [0.2, 0.25) is 0 Å². The Morgan fingerprint density at radius 1 is 1.23 bits per heavy atom. The summed E-state index contributed by atoms with van der Waals surface area (Å²) in [6, 6.07) is 14.4. The zero-order valence-corrected chi connectivity index (χ0v) is 22.3. The third-order valence-electron chi connectivity index (χ3n) is 5.48. The van der Waals surface area contributed by atoms with Crippen molar-refractivity contribution in [3.8, 4) is 0 Å². The summed E-state index contributed by atoms with van der Waals surface area (Å²) in [6.07, 6.45) is 1.72. The molecule has 1 N–H and O–H groups in total. The van der Waals surface area contributed by atoms with E-state index in [2.05, 4.69) is 26.2 Å². The SMILES string of the molecule is CC1=C(C(=O)Nc2ccccc2)[C@@H](c2cccs2)n2c(s/c(=C/c3cc(Br)c(N(C)C)o3)c2=O)=N1. The van der Waals surface area contributed by atoms with Crippen molar-refractivity contribution in [3.05, 3.63) is 100.0 Å². The molecule has 0 unspecified atom stereocenters. The van der Waals surface area contributed by atoms with E-state index < -0.39 is 6.04 Å². The Kier molecular flexibility index (Phi) is 6.35. The number of furan rings is 1. The smallest absolute Gasteiger partial charge is 0.271 e. The van der Waals surface area contributed by atoms with E-state index in [-0.39, 0.29) is 11.5 Å². The van der Waals surface area contributed by atoms with Gasteiger partial charge in [-0.25, -0.2) is 4.99 Å². The van der Waals surface area contributed by atoms with Crippen molar-refractivity contribution in [1.82, 2.24) is 4.57 Å². The number of hydrogen-bond donors (Lipinski definition) is 1. The molecule has 4 aromatic rings.